The SMILES string of the molecule is CC/C=C\C/C=C\C/C=C\C/C=C\C/C=C\C/C=C\C/C=C\C/C=C\C/C=C\CCCC(=O)OCC(COC(=O)CC/C=C\C/C=C\C/C=C\C/C=C\CC)OC(=O)CCCCCCCCCC/C=C\C/C=C\C/C=C\C/C=C\CC. The van der Waals surface area contributed by atoms with Crippen molar-refractivity contribution in [3.05, 3.63) is 207 Å². The van der Waals surface area contributed by atoms with Crippen molar-refractivity contribution >= 4 is 17.9 Å². The first-order valence-corrected chi connectivity index (χ1v) is 31.6. The van der Waals surface area contributed by atoms with Crippen LogP contribution in [0.3, 0.4) is 0 Å². The third-order valence-electron chi connectivity index (χ3n) is 12.3. The molecular weight excluding hydrogens is 997 g/mol. The number of rotatable bonds is 54. The molecule has 0 fully saturated rings. The molecule has 0 radical (unpaired) electrons. The molecule has 448 valence electrons. The number of allylic oxidation sites excluding steroid dienone is 34. The monoisotopic (exact) mass is 1110 g/mol. The molecule has 0 aromatic heterocycles. The van der Waals surface area contributed by atoms with Gasteiger partial charge in [0.1, 0.15) is 13.2 Å². The second-order valence-corrected chi connectivity index (χ2v) is 19.8. The Hall–Kier alpha value is -6.01. The molecule has 81 heavy (non-hydrogen) atoms. The second kappa shape index (κ2) is 66.5. The van der Waals surface area contributed by atoms with Crippen LogP contribution in [0.25, 0.3) is 0 Å². The lowest BCUT2D eigenvalue weighted by Gasteiger charge is -2.18. The predicted molar refractivity (Wildman–Crippen MR) is 352 cm³/mol. The Kier molecular flexibility index (Phi) is 61.6. The molecule has 0 bridgehead atoms. The van der Waals surface area contributed by atoms with E-state index in [1.807, 2.05) is 12.2 Å². The van der Waals surface area contributed by atoms with Crippen LogP contribution in [0.5, 0.6) is 0 Å². The van der Waals surface area contributed by atoms with E-state index in [1.165, 1.54) is 25.7 Å². The highest BCUT2D eigenvalue weighted by Crippen LogP contribution is 2.13. The lowest BCUT2D eigenvalue weighted by molar-refractivity contribution is -0.166. The molecule has 6 nitrogen and oxygen atoms in total. The van der Waals surface area contributed by atoms with Gasteiger partial charge in [0.2, 0.25) is 0 Å². The number of carbonyl (C=O) groups excluding carboxylic acids is 3. The Morgan fingerprint density at radius 3 is 0.802 bits per heavy atom. The molecule has 1 unspecified atom stereocenters. The van der Waals surface area contributed by atoms with Crippen LogP contribution in [0.1, 0.15) is 226 Å². The number of hydrogen-bond donors (Lipinski definition) is 0. The summed E-state index contributed by atoms with van der Waals surface area (Å²) in [5.41, 5.74) is 0. The van der Waals surface area contributed by atoms with Crippen molar-refractivity contribution in [3.8, 4) is 0 Å². The van der Waals surface area contributed by atoms with Gasteiger partial charge >= 0.3 is 17.9 Å². The van der Waals surface area contributed by atoms with Crippen molar-refractivity contribution in [3.63, 3.8) is 0 Å². The summed E-state index contributed by atoms with van der Waals surface area (Å²) in [6.07, 6.45) is 103. The number of esters is 3. The molecule has 0 aliphatic rings. The third-order valence-corrected chi connectivity index (χ3v) is 12.3. The average Bonchev–Trinajstić information content (AvgIpc) is 3.46. The highest BCUT2D eigenvalue weighted by Gasteiger charge is 2.19. The van der Waals surface area contributed by atoms with Gasteiger partial charge in [0.15, 0.2) is 6.10 Å². The van der Waals surface area contributed by atoms with Crippen molar-refractivity contribution in [2.75, 3.05) is 13.2 Å². The summed E-state index contributed by atoms with van der Waals surface area (Å²) < 4.78 is 16.8. The molecule has 0 amide bonds. The summed E-state index contributed by atoms with van der Waals surface area (Å²) in [6, 6.07) is 0. The van der Waals surface area contributed by atoms with Crippen LogP contribution in [0.15, 0.2) is 207 Å². The van der Waals surface area contributed by atoms with E-state index in [9.17, 15) is 14.4 Å². The molecule has 0 saturated carbocycles. The van der Waals surface area contributed by atoms with E-state index in [0.29, 0.717) is 12.8 Å². The summed E-state index contributed by atoms with van der Waals surface area (Å²) in [5, 5.41) is 0. The van der Waals surface area contributed by atoms with E-state index in [4.69, 9.17) is 14.2 Å². The molecule has 0 spiro atoms. The Morgan fingerprint density at radius 2 is 0.481 bits per heavy atom. The minimum absolute atomic E-state index is 0.145. The molecule has 0 aliphatic heterocycles. The molecule has 0 saturated heterocycles. The largest absolute Gasteiger partial charge is 0.462 e. The quantitative estimate of drug-likeness (QED) is 0.0261. The van der Waals surface area contributed by atoms with E-state index < -0.39 is 6.10 Å². The van der Waals surface area contributed by atoms with Crippen LogP contribution >= 0.6 is 0 Å². The smallest absolute Gasteiger partial charge is 0.306 e. The second-order valence-electron chi connectivity index (χ2n) is 19.8. The summed E-state index contributed by atoms with van der Waals surface area (Å²) in [4.78, 5) is 38.2. The molecule has 6 heteroatoms. The first kappa shape index (κ1) is 75.0. The average molecular weight is 1110 g/mol. The topological polar surface area (TPSA) is 78.9 Å². The van der Waals surface area contributed by atoms with Crippen LogP contribution in [-0.4, -0.2) is 37.2 Å². The zero-order valence-electron chi connectivity index (χ0n) is 51.2. The van der Waals surface area contributed by atoms with Crippen LogP contribution < -0.4 is 0 Å². The van der Waals surface area contributed by atoms with E-state index in [2.05, 4.69) is 215 Å². The highest BCUT2D eigenvalue weighted by molar-refractivity contribution is 5.71. The molecule has 0 aromatic rings. The Morgan fingerprint density at radius 1 is 0.247 bits per heavy atom. The van der Waals surface area contributed by atoms with Gasteiger partial charge in [-0.1, -0.05) is 266 Å². The van der Waals surface area contributed by atoms with E-state index in [0.717, 1.165) is 148 Å². The Balaban J connectivity index is 4.54. The van der Waals surface area contributed by atoms with Gasteiger partial charge in [0, 0.05) is 19.3 Å². The number of unbranched alkanes of at least 4 members (excludes halogenated alkanes) is 9. The summed E-state index contributed by atoms with van der Waals surface area (Å²) >= 11 is 0. The van der Waals surface area contributed by atoms with Gasteiger partial charge in [-0.3, -0.25) is 14.4 Å². The van der Waals surface area contributed by atoms with Gasteiger partial charge in [-0.2, -0.15) is 0 Å². The van der Waals surface area contributed by atoms with Crippen LogP contribution in [0.2, 0.25) is 0 Å². The maximum atomic E-state index is 12.9. The molecule has 0 rings (SSSR count). The maximum Gasteiger partial charge on any atom is 0.306 e. The molecule has 1 atom stereocenters. The van der Waals surface area contributed by atoms with Gasteiger partial charge < -0.3 is 14.2 Å². The van der Waals surface area contributed by atoms with Crippen LogP contribution in [0, 0.1) is 0 Å². The van der Waals surface area contributed by atoms with E-state index in [1.54, 1.807) is 0 Å². The molecule has 0 aliphatic carbocycles. The lowest BCUT2D eigenvalue weighted by atomic mass is 10.1. The summed E-state index contributed by atoms with van der Waals surface area (Å²) in [5.74, 6) is -1.10. The fourth-order valence-corrected chi connectivity index (χ4v) is 7.68. The molecule has 0 aromatic carbocycles. The van der Waals surface area contributed by atoms with Gasteiger partial charge in [0.05, 0.1) is 0 Å². The molecule has 0 N–H and O–H groups in total. The van der Waals surface area contributed by atoms with Crippen molar-refractivity contribution in [2.45, 2.75) is 232 Å². The molecular formula is C75H112O6. The van der Waals surface area contributed by atoms with Crippen molar-refractivity contribution < 1.29 is 28.6 Å². The predicted octanol–water partition coefficient (Wildman–Crippen LogP) is 22.0. The highest BCUT2D eigenvalue weighted by atomic mass is 16.6. The first-order chi connectivity index (χ1) is 40.0. The maximum absolute atomic E-state index is 12.9. The van der Waals surface area contributed by atoms with Gasteiger partial charge in [-0.25, -0.2) is 0 Å². The fourth-order valence-electron chi connectivity index (χ4n) is 7.68. The minimum atomic E-state index is -0.849. The van der Waals surface area contributed by atoms with Crippen molar-refractivity contribution in [1.29, 1.82) is 0 Å². The number of hydrogen-bond acceptors (Lipinski definition) is 6. The van der Waals surface area contributed by atoms with Crippen LogP contribution in [-0.2, 0) is 28.6 Å². The Labute approximate surface area is 496 Å². The third kappa shape index (κ3) is 64.7. The fraction of sp³-hybridized carbons (Fsp3) is 0.507. The normalized spacial score (nSPS) is 13.6. The summed E-state index contributed by atoms with van der Waals surface area (Å²) in [7, 11) is 0. The van der Waals surface area contributed by atoms with Crippen molar-refractivity contribution in [2.24, 2.45) is 0 Å². The van der Waals surface area contributed by atoms with Gasteiger partial charge in [-0.15, -0.1) is 0 Å². The number of carbonyl (C=O) groups is 3. The first-order valence-electron chi connectivity index (χ1n) is 31.6. The van der Waals surface area contributed by atoms with E-state index >= 15 is 0 Å². The van der Waals surface area contributed by atoms with Gasteiger partial charge in [0.25, 0.3) is 0 Å². The zero-order chi connectivity index (χ0) is 58.5. The molecule has 0 heterocycles. The standard InChI is InChI=1S/C75H112O6/c1-4-7-10-13-16-19-22-25-27-29-31-33-34-35-36-37-38-39-40-42-43-45-47-50-53-56-59-62-65-68-74(77)80-71-72(70-79-73(76)67-64-61-58-55-52-49-24-21-18-15-12-9-6-3)81-75(78)69-66-63-60-57-54-51-48-46-44-41-32-30-28-26-23-20-17-14-11-8-5-2/h7-12,16-21,25-28,31-33,35-36,38-39,41-43,47,49-50,52,56,58-59,61,72H,4-6,13-15,22-24,29-30,34,37,40,44-46,48,51,53-55,57,60,62-71H2,1-3H3/b10-7-,11-8-,12-9-,19-16-,20-17-,21-18-,27-25-,28-26-,33-31-,36-35-,39-38-,41-32-,43-42-,50-47-,52-49-,59-56-,61-58-. The lowest BCUT2D eigenvalue weighted by Crippen LogP contribution is -2.30. The van der Waals surface area contributed by atoms with E-state index in [-0.39, 0.29) is 50.4 Å². The zero-order valence-corrected chi connectivity index (χ0v) is 51.2. The van der Waals surface area contributed by atoms with Crippen molar-refractivity contribution in [1.82, 2.24) is 0 Å². The number of ether oxygens (including phenoxy) is 3. The van der Waals surface area contributed by atoms with Gasteiger partial charge in [-0.05, 0) is 148 Å². The van der Waals surface area contributed by atoms with Crippen LogP contribution in [0.4, 0.5) is 0 Å². The minimum Gasteiger partial charge on any atom is -0.462 e. The Bertz CT molecular complexity index is 2000. The summed E-state index contributed by atoms with van der Waals surface area (Å²) in [6.45, 7) is 6.16.